The molecule has 0 aliphatic carbocycles. The lowest BCUT2D eigenvalue weighted by Gasteiger charge is -2.15. The number of methoxy groups -OCH3 is 1. The maximum atomic E-state index is 12.0. The molecule has 21 heavy (non-hydrogen) atoms. The number of amides is 2. The molecule has 0 aromatic heterocycles. The molecule has 0 unspecified atom stereocenters. The molecule has 1 aromatic carbocycles. The zero-order valence-corrected chi connectivity index (χ0v) is 12.6. The Morgan fingerprint density at radius 3 is 2.86 bits per heavy atom. The zero-order chi connectivity index (χ0) is 15.4. The third-order valence-corrected chi connectivity index (χ3v) is 3.34. The van der Waals surface area contributed by atoms with Crippen LogP contribution in [0.3, 0.4) is 0 Å². The summed E-state index contributed by atoms with van der Waals surface area (Å²) in [6, 6.07) is 3.55. The van der Waals surface area contributed by atoms with Crippen LogP contribution in [0.15, 0.2) is 17.2 Å². The topological polar surface area (TPSA) is 79.8 Å². The molecule has 0 saturated heterocycles. The summed E-state index contributed by atoms with van der Waals surface area (Å²) < 4.78 is 5.33. The Morgan fingerprint density at radius 1 is 1.48 bits per heavy atom. The first-order chi connectivity index (χ1) is 10.0. The molecule has 0 radical (unpaired) electrons. The van der Waals surface area contributed by atoms with Gasteiger partial charge in [0.25, 0.3) is 5.91 Å². The summed E-state index contributed by atoms with van der Waals surface area (Å²) in [5.41, 5.74) is 4.29. The van der Waals surface area contributed by atoms with Gasteiger partial charge in [-0.05, 0) is 24.6 Å². The van der Waals surface area contributed by atoms with E-state index in [9.17, 15) is 9.59 Å². The molecule has 0 spiro atoms. The van der Waals surface area contributed by atoms with E-state index in [1.54, 1.807) is 19.2 Å². The molecule has 1 aliphatic heterocycles. The van der Waals surface area contributed by atoms with E-state index in [0.29, 0.717) is 22.9 Å². The van der Waals surface area contributed by atoms with Crippen LogP contribution in [0.4, 0.5) is 0 Å². The Bertz CT molecular complexity index is 614. The molecule has 2 amide bonds. The van der Waals surface area contributed by atoms with Gasteiger partial charge in [0.15, 0.2) is 0 Å². The fraction of sp³-hybridized carbons (Fsp3) is 0.357. The molecule has 0 atom stereocenters. The van der Waals surface area contributed by atoms with E-state index in [2.05, 4.69) is 15.8 Å². The molecule has 2 N–H and O–H groups in total. The smallest absolute Gasteiger partial charge is 0.267 e. The number of hydrazone groups is 1. The second-order valence-corrected chi connectivity index (χ2v) is 5.13. The second-order valence-electron chi connectivity index (χ2n) is 4.69. The Balaban J connectivity index is 2.06. The number of rotatable bonds is 4. The number of benzene rings is 1. The summed E-state index contributed by atoms with van der Waals surface area (Å²) in [5.74, 6) is 0.201. The standard InChI is InChI=1S/C14H16ClN3O3/c1-8-5-10(15)6-9(13(8)21-2)7-16-14(20)11-3-4-12(19)18-17-11/h5-6H,3-4,7H2,1-2H3,(H,16,20)(H,18,19). The molecular formula is C14H16ClN3O3. The average molecular weight is 310 g/mol. The van der Waals surface area contributed by atoms with Crippen LogP contribution in [0.2, 0.25) is 5.02 Å². The fourth-order valence-electron chi connectivity index (χ4n) is 2.14. The minimum atomic E-state index is -0.310. The summed E-state index contributed by atoms with van der Waals surface area (Å²) in [6.45, 7) is 2.16. The highest BCUT2D eigenvalue weighted by Crippen LogP contribution is 2.27. The van der Waals surface area contributed by atoms with Crippen LogP contribution in [0, 0.1) is 6.92 Å². The van der Waals surface area contributed by atoms with Gasteiger partial charge in [-0.15, -0.1) is 0 Å². The van der Waals surface area contributed by atoms with Crippen LogP contribution < -0.4 is 15.5 Å². The lowest BCUT2D eigenvalue weighted by Crippen LogP contribution is -2.36. The van der Waals surface area contributed by atoms with Crippen LogP contribution >= 0.6 is 11.6 Å². The Kier molecular flexibility index (Phi) is 4.80. The minimum Gasteiger partial charge on any atom is -0.496 e. The highest BCUT2D eigenvalue weighted by atomic mass is 35.5. The molecule has 6 nitrogen and oxygen atoms in total. The van der Waals surface area contributed by atoms with Crippen LogP contribution in [0.25, 0.3) is 0 Å². The van der Waals surface area contributed by atoms with Crippen LogP contribution in [0.1, 0.15) is 24.0 Å². The highest BCUT2D eigenvalue weighted by molar-refractivity contribution is 6.39. The van der Waals surface area contributed by atoms with Gasteiger partial charge in [0.2, 0.25) is 5.91 Å². The van der Waals surface area contributed by atoms with Crippen molar-refractivity contribution in [1.82, 2.24) is 10.7 Å². The number of hydrogen-bond acceptors (Lipinski definition) is 4. The van der Waals surface area contributed by atoms with Crippen molar-refractivity contribution in [3.8, 4) is 5.75 Å². The van der Waals surface area contributed by atoms with Gasteiger partial charge >= 0.3 is 0 Å². The van der Waals surface area contributed by atoms with E-state index in [0.717, 1.165) is 11.1 Å². The first kappa shape index (κ1) is 15.3. The number of nitrogens with one attached hydrogen (secondary N) is 2. The number of carbonyl (C=O) groups is 2. The third kappa shape index (κ3) is 3.72. The molecule has 7 heteroatoms. The predicted octanol–water partition coefficient (Wildman–Crippen LogP) is 1.54. The first-order valence-corrected chi connectivity index (χ1v) is 6.85. The minimum absolute atomic E-state index is 0.182. The summed E-state index contributed by atoms with van der Waals surface area (Å²) in [6.07, 6.45) is 0.606. The van der Waals surface area contributed by atoms with E-state index in [1.807, 2.05) is 6.92 Å². The molecule has 1 aliphatic rings. The molecular weight excluding hydrogens is 294 g/mol. The molecule has 112 valence electrons. The van der Waals surface area contributed by atoms with Gasteiger partial charge in [-0.2, -0.15) is 5.10 Å². The van der Waals surface area contributed by atoms with Crippen molar-refractivity contribution in [2.24, 2.45) is 5.10 Å². The van der Waals surface area contributed by atoms with E-state index < -0.39 is 0 Å². The number of carbonyl (C=O) groups excluding carboxylic acids is 2. The molecule has 0 bridgehead atoms. The monoisotopic (exact) mass is 309 g/mol. The molecule has 2 rings (SSSR count). The first-order valence-electron chi connectivity index (χ1n) is 6.48. The van der Waals surface area contributed by atoms with Crippen molar-refractivity contribution in [2.45, 2.75) is 26.3 Å². The Labute approximate surface area is 127 Å². The van der Waals surface area contributed by atoms with Gasteiger partial charge in [-0.1, -0.05) is 11.6 Å². The van der Waals surface area contributed by atoms with Gasteiger partial charge in [-0.3, -0.25) is 9.59 Å². The second kappa shape index (κ2) is 6.58. The van der Waals surface area contributed by atoms with Crippen molar-refractivity contribution in [2.75, 3.05) is 7.11 Å². The summed E-state index contributed by atoms with van der Waals surface area (Å²) in [5, 5.41) is 7.08. The SMILES string of the molecule is COc1c(C)cc(Cl)cc1CNC(=O)C1=NNC(=O)CC1. The molecule has 1 heterocycles. The van der Waals surface area contributed by atoms with Crippen molar-refractivity contribution in [1.29, 1.82) is 0 Å². The molecule has 1 aromatic rings. The van der Waals surface area contributed by atoms with Crippen LogP contribution in [0.5, 0.6) is 5.75 Å². The molecule has 0 saturated carbocycles. The van der Waals surface area contributed by atoms with Crippen molar-refractivity contribution >= 4 is 29.1 Å². The summed E-state index contributed by atoms with van der Waals surface area (Å²) in [4.78, 5) is 23.0. The van der Waals surface area contributed by atoms with E-state index in [1.165, 1.54) is 0 Å². The summed E-state index contributed by atoms with van der Waals surface area (Å²) in [7, 11) is 1.57. The van der Waals surface area contributed by atoms with Gasteiger partial charge in [0.1, 0.15) is 11.5 Å². The van der Waals surface area contributed by atoms with E-state index >= 15 is 0 Å². The van der Waals surface area contributed by atoms with Crippen molar-refractivity contribution in [3.63, 3.8) is 0 Å². The van der Waals surface area contributed by atoms with Crippen LogP contribution in [-0.4, -0.2) is 24.6 Å². The maximum absolute atomic E-state index is 12.0. The average Bonchev–Trinajstić information content (AvgIpc) is 2.45. The lowest BCUT2D eigenvalue weighted by atomic mass is 10.1. The number of aryl methyl sites for hydroxylation is 1. The van der Waals surface area contributed by atoms with Gasteiger partial charge in [-0.25, -0.2) is 5.43 Å². The predicted molar refractivity (Wildman–Crippen MR) is 79.4 cm³/mol. The van der Waals surface area contributed by atoms with Gasteiger partial charge in [0.05, 0.1) is 7.11 Å². The lowest BCUT2D eigenvalue weighted by molar-refractivity contribution is -0.121. The van der Waals surface area contributed by atoms with Crippen molar-refractivity contribution < 1.29 is 14.3 Å². The van der Waals surface area contributed by atoms with E-state index in [-0.39, 0.29) is 24.8 Å². The van der Waals surface area contributed by atoms with Crippen molar-refractivity contribution in [3.05, 3.63) is 28.3 Å². The van der Waals surface area contributed by atoms with Crippen LogP contribution in [-0.2, 0) is 16.1 Å². The fourth-order valence-corrected chi connectivity index (χ4v) is 2.43. The Morgan fingerprint density at radius 2 is 2.24 bits per heavy atom. The largest absolute Gasteiger partial charge is 0.496 e. The number of hydrogen-bond donors (Lipinski definition) is 2. The Hall–Kier alpha value is -2.08. The van der Waals surface area contributed by atoms with Gasteiger partial charge in [0, 0.05) is 30.0 Å². The highest BCUT2D eigenvalue weighted by Gasteiger charge is 2.18. The quantitative estimate of drug-likeness (QED) is 0.885. The molecule has 0 fully saturated rings. The third-order valence-electron chi connectivity index (χ3n) is 3.13. The zero-order valence-electron chi connectivity index (χ0n) is 11.8. The number of ether oxygens (including phenoxy) is 1. The number of halogens is 1. The van der Waals surface area contributed by atoms with Gasteiger partial charge < -0.3 is 10.1 Å². The number of nitrogens with zero attached hydrogens (tertiary/aromatic N) is 1. The normalized spacial score (nSPS) is 14.2. The maximum Gasteiger partial charge on any atom is 0.267 e. The van der Waals surface area contributed by atoms with E-state index in [4.69, 9.17) is 16.3 Å². The summed E-state index contributed by atoms with van der Waals surface area (Å²) >= 11 is 6.02.